The minimum absolute atomic E-state index is 0.191. The molecular formula is C13H21N3O2. The molecule has 5 heteroatoms. The van der Waals surface area contributed by atoms with Crippen molar-refractivity contribution in [1.29, 1.82) is 5.26 Å². The van der Waals surface area contributed by atoms with Crippen LogP contribution in [-0.2, 0) is 4.79 Å². The summed E-state index contributed by atoms with van der Waals surface area (Å²) in [4.78, 5) is 24.9. The van der Waals surface area contributed by atoms with Crippen molar-refractivity contribution >= 4 is 11.9 Å². The van der Waals surface area contributed by atoms with Gasteiger partial charge in [0.25, 0.3) is 0 Å². The molecule has 0 saturated heterocycles. The van der Waals surface area contributed by atoms with Gasteiger partial charge in [0.1, 0.15) is 6.42 Å². The van der Waals surface area contributed by atoms with Crippen LogP contribution in [0.2, 0.25) is 0 Å². The molecule has 0 aromatic carbocycles. The van der Waals surface area contributed by atoms with Crippen molar-refractivity contribution in [1.82, 2.24) is 10.2 Å². The van der Waals surface area contributed by atoms with Crippen molar-refractivity contribution in [3.8, 4) is 6.07 Å². The lowest BCUT2D eigenvalue weighted by molar-refractivity contribution is -0.127. The zero-order chi connectivity index (χ0) is 13.4. The van der Waals surface area contributed by atoms with Crippen LogP contribution >= 0.6 is 0 Å². The molecule has 0 aliphatic heterocycles. The number of unbranched alkanes of at least 4 members (excludes halogenated alkanes) is 1. The summed E-state index contributed by atoms with van der Waals surface area (Å²) in [6.45, 7) is 2.40. The van der Waals surface area contributed by atoms with Gasteiger partial charge in [-0.25, -0.2) is 4.79 Å². The summed E-state index contributed by atoms with van der Waals surface area (Å²) in [6.07, 6.45) is 5.68. The first-order chi connectivity index (χ1) is 8.69. The molecule has 1 aliphatic rings. The zero-order valence-corrected chi connectivity index (χ0v) is 10.9. The standard InChI is InChI=1S/C13H21N3O2/c1-2-3-10-16(12(17)8-9-14)13(18)15-11-6-4-5-7-11/h11H,2-8,10H2,1H3,(H,15,18). The number of nitriles is 1. The average molecular weight is 251 g/mol. The minimum Gasteiger partial charge on any atom is -0.335 e. The number of hydrogen-bond acceptors (Lipinski definition) is 3. The van der Waals surface area contributed by atoms with Crippen LogP contribution < -0.4 is 5.32 Å². The van der Waals surface area contributed by atoms with Crippen molar-refractivity contribution in [3.63, 3.8) is 0 Å². The lowest BCUT2D eigenvalue weighted by Crippen LogP contribution is -2.47. The number of carbonyl (C=O) groups is 2. The molecule has 1 saturated carbocycles. The van der Waals surface area contributed by atoms with Crippen LogP contribution in [0.25, 0.3) is 0 Å². The topological polar surface area (TPSA) is 73.2 Å². The number of amides is 3. The van der Waals surface area contributed by atoms with E-state index in [4.69, 9.17) is 5.26 Å². The van der Waals surface area contributed by atoms with E-state index in [-0.39, 0.29) is 18.5 Å². The predicted octanol–water partition coefficient (Wildman–Crippen LogP) is 2.18. The Morgan fingerprint density at radius 3 is 2.61 bits per heavy atom. The van der Waals surface area contributed by atoms with E-state index in [0.29, 0.717) is 6.54 Å². The van der Waals surface area contributed by atoms with Crippen LogP contribution in [0.5, 0.6) is 0 Å². The highest BCUT2D eigenvalue weighted by Gasteiger charge is 2.24. The minimum atomic E-state index is -0.401. The molecule has 0 atom stereocenters. The summed E-state index contributed by atoms with van der Waals surface area (Å²) >= 11 is 0. The predicted molar refractivity (Wildman–Crippen MR) is 67.6 cm³/mol. The fourth-order valence-corrected chi connectivity index (χ4v) is 2.14. The van der Waals surface area contributed by atoms with Crippen molar-refractivity contribution in [2.45, 2.75) is 57.9 Å². The molecule has 0 radical (unpaired) electrons. The van der Waals surface area contributed by atoms with E-state index in [1.807, 2.05) is 6.92 Å². The van der Waals surface area contributed by atoms with Gasteiger partial charge in [-0.3, -0.25) is 9.69 Å². The van der Waals surface area contributed by atoms with Gasteiger partial charge in [-0.1, -0.05) is 26.2 Å². The van der Waals surface area contributed by atoms with Gasteiger partial charge in [0.2, 0.25) is 5.91 Å². The Morgan fingerprint density at radius 2 is 2.06 bits per heavy atom. The van der Waals surface area contributed by atoms with E-state index >= 15 is 0 Å². The number of hydrogen-bond donors (Lipinski definition) is 1. The Bertz CT molecular complexity index is 330. The number of rotatable bonds is 5. The number of urea groups is 1. The fraction of sp³-hybridized carbons (Fsp3) is 0.769. The van der Waals surface area contributed by atoms with Crippen LogP contribution in [0.4, 0.5) is 4.79 Å². The maximum atomic E-state index is 12.0. The lowest BCUT2D eigenvalue weighted by Gasteiger charge is -2.22. The summed E-state index contributed by atoms with van der Waals surface area (Å²) in [7, 11) is 0. The third-order valence-electron chi connectivity index (χ3n) is 3.19. The van der Waals surface area contributed by atoms with Gasteiger partial charge in [-0.2, -0.15) is 5.26 Å². The smallest absolute Gasteiger partial charge is 0.324 e. The summed E-state index contributed by atoms with van der Waals surface area (Å²) < 4.78 is 0. The van der Waals surface area contributed by atoms with Gasteiger partial charge in [0.15, 0.2) is 0 Å². The number of carbonyl (C=O) groups excluding carboxylic acids is 2. The Labute approximate surface area is 108 Å². The van der Waals surface area contributed by atoms with Crippen molar-refractivity contribution in [2.24, 2.45) is 0 Å². The maximum absolute atomic E-state index is 12.0. The molecule has 0 aromatic rings. The molecule has 18 heavy (non-hydrogen) atoms. The van der Waals surface area contributed by atoms with Crippen molar-refractivity contribution in [2.75, 3.05) is 6.54 Å². The molecule has 1 rings (SSSR count). The molecule has 1 aliphatic carbocycles. The molecule has 0 bridgehead atoms. The van der Waals surface area contributed by atoms with Crippen LogP contribution in [0.15, 0.2) is 0 Å². The maximum Gasteiger partial charge on any atom is 0.324 e. The second-order valence-electron chi connectivity index (χ2n) is 4.66. The average Bonchev–Trinajstić information content (AvgIpc) is 2.82. The van der Waals surface area contributed by atoms with E-state index in [2.05, 4.69) is 5.32 Å². The van der Waals surface area contributed by atoms with E-state index in [1.165, 1.54) is 4.90 Å². The summed E-state index contributed by atoms with van der Waals surface area (Å²) in [6, 6.07) is 1.66. The normalized spacial score (nSPS) is 15.1. The highest BCUT2D eigenvalue weighted by molar-refractivity contribution is 5.95. The van der Waals surface area contributed by atoms with Gasteiger partial charge in [-0.15, -0.1) is 0 Å². The number of imide groups is 1. The third kappa shape index (κ3) is 4.36. The first kappa shape index (κ1) is 14.5. The number of nitrogens with zero attached hydrogens (tertiary/aromatic N) is 2. The summed E-state index contributed by atoms with van der Waals surface area (Å²) in [5, 5.41) is 11.4. The molecule has 0 aromatic heterocycles. The highest BCUT2D eigenvalue weighted by Crippen LogP contribution is 2.18. The van der Waals surface area contributed by atoms with E-state index in [1.54, 1.807) is 6.07 Å². The quantitative estimate of drug-likeness (QED) is 0.813. The molecule has 0 spiro atoms. The highest BCUT2D eigenvalue weighted by atomic mass is 16.2. The zero-order valence-electron chi connectivity index (χ0n) is 10.9. The Kier molecular flexibility index (Phi) is 6.20. The van der Waals surface area contributed by atoms with Gasteiger partial charge < -0.3 is 5.32 Å². The largest absolute Gasteiger partial charge is 0.335 e. The SMILES string of the molecule is CCCCN(C(=O)CC#N)C(=O)NC1CCCC1. The van der Waals surface area contributed by atoms with Gasteiger partial charge in [0, 0.05) is 12.6 Å². The van der Waals surface area contributed by atoms with Crippen molar-refractivity contribution < 1.29 is 9.59 Å². The molecule has 0 unspecified atom stereocenters. The molecule has 3 amide bonds. The van der Waals surface area contributed by atoms with Crippen molar-refractivity contribution in [3.05, 3.63) is 0 Å². The summed E-state index contributed by atoms with van der Waals surface area (Å²) in [5.41, 5.74) is 0. The van der Waals surface area contributed by atoms with Crippen LogP contribution in [0, 0.1) is 11.3 Å². The molecule has 1 fully saturated rings. The van der Waals surface area contributed by atoms with E-state index < -0.39 is 5.91 Å². The second kappa shape index (κ2) is 7.70. The molecular weight excluding hydrogens is 230 g/mol. The van der Waals surface area contributed by atoms with Gasteiger partial charge >= 0.3 is 6.03 Å². The van der Waals surface area contributed by atoms with Crippen LogP contribution in [0.3, 0.4) is 0 Å². The molecule has 0 heterocycles. The lowest BCUT2D eigenvalue weighted by atomic mass is 10.2. The Hall–Kier alpha value is -1.57. The van der Waals surface area contributed by atoms with E-state index in [9.17, 15) is 9.59 Å². The van der Waals surface area contributed by atoms with Gasteiger partial charge in [0.05, 0.1) is 6.07 Å². The molecule has 5 nitrogen and oxygen atoms in total. The second-order valence-corrected chi connectivity index (χ2v) is 4.66. The number of nitrogens with one attached hydrogen (secondary N) is 1. The Balaban J connectivity index is 2.54. The monoisotopic (exact) mass is 251 g/mol. The molecule has 1 N–H and O–H groups in total. The van der Waals surface area contributed by atoms with Gasteiger partial charge in [-0.05, 0) is 19.3 Å². The van der Waals surface area contributed by atoms with Crippen LogP contribution in [0.1, 0.15) is 51.9 Å². The summed E-state index contributed by atoms with van der Waals surface area (Å²) in [5.74, 6) is -0.401. The fourth-order valence-electron chi connectivity index (χ4n) is 2.14. The van der Waals surface area contributed by atoms with Crippen LogP contribution in [-0.4, -0.2) is 29.4 Å². The Morgan fingerprint density at radius 1 is 1.39 bits per heavy atom. The first-order valence-corrected chi connectivity index (χ1v) is 6.66. The van der Waals surface area contributed by atoms with E-state index in [0.717, 1.165) is 38.5 Å². The first-order valence-electron chi connectivity index (χ1n) is 6.66. The molecule has 100 valence electrons. The third-order valence-corrected chi connectivity index (χ3v) is 3.19.